The van der Waals surface area contributed by atoms with Crippen LogP contribution in [0.4, 0.5) is 11.5 Å². The number of halogens is 1. The van der Waals surface area contributed by atoms with Crippen molar-refractivity contribution in [2.45, 2.75) is 6.54 Å². The molecule has 0 saturated carbocycles. The maximum absolute atomic E-state index is 12.8. The van der Waals surface area contributed by atoms with Crippen molar-refractivity contribution in [3.63, 3.8) is 0 Å². The molecule has 2 N–H and O–H groups in total. The van der Waals surface area contributed by atoms with Crippen LogP contribution in [0.25, 0.3) is 10.9 Å². The number of nitrogens with zero attached hydrogens (tertiary/aromatic N) is 2. The molecule has 2 heterocycles. The van der Waals surface area contributed by atoms with Crippen molar-refractivity contribution in [2.75, 3.05) is 17.7 Å². The van der Waals surface area contributed by atoms with Crippen LogP contribution in [-0.2, 0) is 6.54 Å². The Balaban J connectivity index is 1.74. The number of amides is 1. The smallest absolute Gasteiger partial charge is 0.256 e. The monoisotopic (exact) mass is 538 g/mol. The van der Waals surface area contributed by atoms with Gasteiger partial charge in [-0.3, -0.25) is 4.79 Å². The Bertz CT molecular complexity index is 1280. The second kappa shape index (κ2) is 9.32. The number of nitrogens with one attached hydrogen (secondary N) is 2. The van der Waals surface area contributed by atoms with E-state index in [0.717, 1.165) is 13.8 Å². The molecule has 8 heteroatoms. The molecule has 154 valence electrons. The van der Waals surface area contributed by atoms with Crippen molar-refractivity contribution in [1.82, 2.24) is 4.98 Å². The van der Waals surface area contributed by atoms with Crippen LogP contribution in [0.1, 0.15) is 20.8 Å². The summed E-state index contributed by atoms with van der Waals surface area (Å²) in [5.41, 5.74) is 2.10. The number of rotatable bonds is 6. The Hall–Kier alpha value is -3.16. The Morgan fingerprint density at radius 1 is 1.23 bits per heavy atom. The van der Waals surface area contributed by atoms with E-state index in [1.165, 1.54) is 0 Å². The number of carbonyl (C=O) groups is 1. The number of nitriles is 1. The van der Waals surface area contributed by atoms with Crippen molar-refractivity contribution >= 4 is 62.2 Å². The van der Waals surface area contributed by atoms with Crippen LogP contribution in [0.5, 0.6) is 5.75 Å². The lowest BCUT2D eigenvalue weighted by Crippen LogP contribution is -2.15. The summed E-state index contributed by atoms with van der Waals surface area (Å²) in [6.07, 6.45) is 0. The van der Waals surface area contributed by atoms with Crippen LogP contribution in [0.2, 0.25) is 0 Å². The highest BCUT2D eigenvalue weighted by Crippen LogP contribution is 2.33. The van der Waals surface area contributed by atoms with Gasteiger partial charge in [0, 0.05) is 25.9 Å². The molecule has 0 unspecified atom stereocenters. The summed E-state index contributed by atoms with van der Waals surface area (Å²) in [5.74, 6) is 0.541. The summed E-state index contributed by atoms with van der Waals surface area (Å²) in [7, 11) is 1.57. The van der Waals surface area contributed by atoms with Crippen molar-refractivity contribution < 1.29 is 9.53 Å². The van der Waals surface area contributed by atoms with Crippen molar-refractivity contribution in [1.29, 1.82) is 5.26 Å². The number of pyridine rings is 1. The number of benzene rings is 2. The van der Waals surface area contributed by atoms with E-state index in [4.69, 9.17) is 4.74 Å². The number of aromatic nitrogens is 1. The highest BCUT2D eigenvalue weighted by Gasteiger charge is 2.18. The van der Waals surface area contributed by atoms with Crippen LogP contribution in [-0.4, -0.2) is 18.0 Å². The minimum absolute atomic E-state index is 0.228. The van der Waals surface area contributed by atoms with Gasteiger partial charge >= 0.3 is 0 Å². The molecule has 0 aliphatic heterocycles. The molecule has 4 rings (SSSR count). The summed E-state index contributed by atoms with van der Waals surface area (Å²) in [6.45, 7) is 0.572. The van der Waals surface area contributed by atoms with E-state index in [1.54, 1.807) is 42.7 Å². The summed E-state index contributed by atoms with van der Waals surface area (Å²) in [6, 6.07) is 18.8. The minimum atomic E-state index is -0.347. The number of hydrogen-bond acceptors (Lipinski definition) is 6. The van der Waals surface area contributed by atoms with Gasteiger partial charge in [-0.25, -0.2) is 4.98 Å². The summed E-state index contributed by atoms with van der Waals surface area (Å²) >= 11 is 3.87. The topological polar surface area (TPSA) is 87.0 Å². The number of fused-ring (bicyclic) bond motifs is 1. The van der Waals surface area contributed by atoms with E-state index in [1.807, 2.05) is 35.7 Å². The van der Waals surface area contributed by atoms with Gasteiger partial charge in [0.1, 0.15) is 17.4 Å². The van der Waals surface area contributed by atoms with Gasteiger partial charge in [-0.1, -0.05) is 6.07 Å². The Kier molecular flexibility index (Phi) is 6.34. The van der Waals surface area contributed by atoms with Crippen molar-refractivity contribution in [2.24, 2.45) is 0 Å². The number of thiophene rings is 1. The highest BCUT2D eigenvalue weighted by atomic mass is 125. The highest BCUT2D eigenvalue weighted by molar-refractivity contribution is 14.1. The molecule has 0 fully saturated rings. The molecule has 0 spiro atoms. The molecule has 31 heavy (non-hydrogen) atoms. The number of ether oxygens (including phenoxy) is 1. The fourth-order valence-electron chi connectivity index (χ4n) is 3.13. The lowest BCUT2D eigenvalue weighted by Gasteiger charge is -2.15. The van der Waals surface area contributed by atoms with Gasteiger partial charge in [0.05, 0.1) is 18.3 Å². The molecule has 1 amide bonds. The zero-order valence-corrected chi connectivity index (χ0v) is 19.5. The van der Waals surface area contributed by atoms with Crippen molar-refractivity contribution in [3.8, 4) is 11.8 Å². The summed E-state index contributed by atoms with van der Waals surface area (Å²) < 4.78 is 6.17. The number of anilines is 2. The maximum atomic E-state index is 12.8. The lowest BCUT2D eigenvalue weighted by molar-refractivity contribution is 0.102. The van der Waals surface area contributed by atoms with Gasteiger partial charge in [-0.15, -0.1) is 11.3 Å². The third kappa shape index (κ3) is 4.62. The van der Waals surface area contributed by atoms with E-state index < -0.39 is 0 Å². The molecular weight excluding hydrogens is 521 g/mol. The zero-order chi connectivity index (χ0) is 21.8. The number of hydrogen-bond donors (Lipinski definition) is 2. The predicted octanol–water partition coefficient (Wildman–Crippen LogP) is 5.65. The first-order valence-electron chi connectivity index (χ1n) is 9.34. The van der Waals surface area contributed by atoms with Crippen LogP contribution in [0, 0.1) is 14.9 Å². The molecular formula is C23H17IN4O2S. The molecule has 0 saturated heterocycles. The molecule has 0 aliphatic rings. The fourth-order valence-corrected chi connectivity index (χ4v) is 4.26. The molecule has 0 bridgehead atoms. The first-order chi connectivity index (χ1) is 15.1. The van der Waals surface area contributed by atoms with Crippen LogP contribution >= 0.6 is 33.9 Å². The average Bonchev–Trinajstić information content (AvgIpc) is 3.31. The van der Waals surface area contributed by atoms with Gasteiger partial charge in [0.25, 0.3) is 5.91 Å². The molecule has 2 aromatic carbocycles. The van der Waals surface area contributed by atoms with Crippen LogP contribution < -0.4 is 15.4 Å². The zero-order valence-electron chi connectivity index (χ0n) is 16.5. The first-order valence-corrected chi connectivity index (χ1v) is 11.3. The van der Waals surface area contributed by atoms with E-state index in [2.05, 4.69) is 44.3 Å². The van der Waals surface area contributed by atoms with E-state index >= 15 is 0 Å². The first kappa shape index (κ1) is 21.1. The SMILES string of the molecule is COc1ccc(C(=O)Nc2nc3ccc([125I])cc3c(NCc3cccs3)c2C#N)cc1. The standard InChI is InChI=1S/C23H17IN4O2S/c1-30-16-7-4-14(5-8-16)23(29)28-22-19(12-25)21(26-13-17-3-2-10-31-17)18-11-15(24)6-9-20(18)27-22/h2-11H,13H2,1H3,(H2,26,27,28,29)/i24-2. The molecule has 0 radical (unpaired) electrons. The van der Waals surface area contributed by atoms with Gasteiger partial charge < -0.3 is 15.4 Å². The largest absolute Gasteiger partial charge is 0.497 e. The predicted molar refractivity (Wildman–Crippen MR) is 132 cm³/mol. The van der Waals surface area contributed by atoms with Crippen LogP contribution in [0.15, 0.2) is 60.0 Å². The quantitative estimate of drug-likeness (QED) is 0.310. The second-order valence-electron chi connectivity index (χ2n) is 6.60. The normalized spacial score (nSPS) is 10.5. The second-order valence-corrected chi connectivity index (χ2v) is 8.88. The van der Waals surface area contributed by atoms with Gasteiger partial charge in [0.15, 0.2) is 5.82 Å². The molecule has 0 aliphatic carbocycles. The Morgan fingerprint density at radius 3 is 2.71 bits per heavy atom. The number of carbonyl (C=O) groups excluding carboxylic acids is 1. The average molecular weight is 538 g/mol. The van der Waals surface area contributed by atoms with Crippen LogP contribution in [0.3, 0.4) is 0 Å². The molecule has 2 aromatic heterocycles. The molecule has 0 atom stereocenters. The lowest BCUT2D eigenvalue weighted by atomic mass is 10.1. The summed E-state index contributed by atoms with van der Waals surface area (Å²) in [4.78, 5) is 18.5. The summed E-state index contributed by atoms with van der Waals surface area (Å²) in [5, 5.41) is 19.0. The maximum Gasteiger partial charge on any atom is 0.256 e. The molecule has 4 aromatic rings. The fraction of sp³-hybridized carbons (Fsp3) is 0.0870. The Morgan fingerprint density at radius 2 is 2.03 bits per heavy atom. The van der Waals surface area contributed by atoms with Gasteiger partial charge in [-0.2, -0.15) is 5.26 Å². The third-order valence-electron chi connectivity index (χ3n) is 4.66. The molecule has 6 nitrogen and oxygen atoms in total. The van der Waals surface area contributed by atoms with E-state index in [9.17, 15) is 10.1 Å². The van der Waals surface area contributed by atoms with Gasteiger partial charge in [-0.05, 0) is 76.5 Å². The van der Waals surface area contributed by atoms with Gasteiger partial charge in [0.2, 0.25) is 0 Å². The minimum Gasteiger partial charge on any atom is -0.497 e. The van der Waals surface area contributed by atoms with E-state index in [0.29, 0.717) is 34.6 Å². The Labute approximate surface area is 197 Å². The van der Waals surface area contributed by atoms with Crippen molar-refractivity contribution in [3.05, 3.63) is 79.6 Å². The third-order valence-corrected chi connectivity index (χ3v) is 6.21. The number of methoxy groups -OCH3 is 1. The van der Waals surface area contributed by atoms with E-state index in [-0.39, 0.29) is 11.7 Å².